The first-order chi connectivity index (χ1) is 11.1. The number of hydrogen-bond donors (Lipinski definition) is 0. The van der Waals surface area contributed by atoms with Gasteiger partial charge in [-0.2, -0.15) is 10.4 Å². The highest BCUT2D eigenvalue weighted by molar-refractivity contribution is 5.95. The molecule has 1 atom stereocenters. The Kier molecular flexibility index (Phi) is 4.16. The van der Waals surface area contributed by atoms with Crippen molar-refractivity contribution in [1.82, 2.24) is 14.7 Å². The summed E-state index contributed by atoms with van der Waals surface area (Å²) in [6.07, 6.45) is 2.00. The maximum absolute atomic E-state index is 12.8. The van der Waals surface area contributed by atoms with Gasteiger partial charge in [-0.15, -0.1) is 0 Å². The van der Waals surface area contributed by atoms with Crippen LogP contribution in [0, 0.1) is 25.2 Å². The Balaban J connectivity index is 1.79. The van der Waals surface area contributed by atoms with Crippen LogP contribution in [0.1, 0.15) is 40.2 Å². The number of carbonyl (C=O) groups is 1. The molecular weight excluding hydrogens is 288 g/mol. The number of aryl methyl sites for hydroxylation is 2. The number of benzene rings is 1. The minimum Gasteiger partial charge on any atom is -0.334 e. The molecule has 0 saturated carbocycles. The molecule has 23 heavy (non-hydrogen) atoms. The fourth-order valence-corrected chi connectivity index (χ4v) is 3.24. The minimum atomic E-state index is 0.00568. The van der Waals surface area contributed by atoms with E-state index in [1.165, 1.54) is 0 Å². The normalized spacial score (nSPS) is 17.3. The molecule has 0 unspecified atom stereocenters. The van der Waals surface area contributed by atoms with Crippen LogP contribution in [0.5, 0.6) is 0 Å². The molecule has 1 saturated heterocycles. The summed E-state index contributed by atoms with van der Waals surface area (Å²) in [4.78, 5) is 14.7. The van der Waals surface area contributed by atoms with Gasteiger partial charge in [-0.1, -0.05) is 6.07 Å². The van der Waals surface area contributed by atoms with Crippen molar-refractivity contribution in [1.29, 1.82) is 5.26 Å². The fourth-order valence-electron chi connectivity index (χ4n) is 3.24. The zero-order valence-electron chi connectivity index (χ0n) is 13.5. The van der Waals surface area contributed by atoms with Gasteiger partial charge in [0.1, 0.15) is 0 Å². The van der Waals surface area contributed by atoms with Crippen LogP contribution in [0.2, 0.25) is 0 Å². The Hall–Kier alpha value is -2.61. The third kappa shape index (κ3) is 3.11. The number of carbonyl (C=O) groups excluding carboxylic acids is 1. The van der Waals surface area contributed by atoms with Crippen molar-refractivity contribution < 1.29 is 4.79 Å². The highest BCUT2D eigenvalue weighted by Crippen LogP contribution is 2.22. The van der Waals surface area contributed by atoms with Gasteiger partial charge < -0.3 is 4.90 Å². The topological polar surface area (TPSA) is 61.9 Å². The van der Waals surface area contributed by atoms with Crippen molar-refractivity contribution in [2.24, 2.45) is 0 Å². The first-order valence-electron chi connectivity index (χ1n) is 7.90. The van der Waals surface area contributed by atoms with Crippen LogP contribution in [0.15, 0.2) is 30.3 Å². The lowest BCUT2D eigenvalue weighted by Crippen LogP contribution is -2.38. The molecule has 1 fully saturated rings. The molecule has 2 heterocycles. The molecule has 1 aliphatic heterocycles. The first-order valence-corrected chi connectivity index (χ1v) is 7.90. The molecule has 0 aliphatic carbocycles. The summed E-state index contributed by atoms with van der Waals surface area (Å²) in [6, 6.07) is 11.2. The van der Waals surface area contributed by atoms with E-state index in [0.717, 1.165) is 37.3 Å². The summed E-state index contributed by atoms with van der Waals surface area (Å²) in [5.41, 5.74) is 3.22. The van der Waals surface area contributed by atoms with Gasteiger partial charge in [-0.3, -0.25) is 9.48 Å². The van der Waals surface area contributed by atoms with Crippen LogP contribution >= 0.6 is 0 Å². The smallest absolute Gasteiger partial charge is 0.254 e. The van der Waals surface area contributed by atoms with Gasteiger partial charge in [0, 0.05) is 17.8 Å². The zero-order chi connectivity index (χ0) is 16.4. The van der Waals surface area contributed by atoms with Crippen LogP contribution in [0.4, 0.5) is 0 Å². The van der Waals surface area contributed by atoms with Crippen molar-refractivity contribution >= 4 is 5.91 Å². The number of rotatable bonds is 3. The largest absolute Gasteiger partial charge is 0.334 e. The van der Waals surface area contributed by atoms with E-state index in [4.69, 9.17) is 5.26 Å². The van der Waals surface area contributed by atoms with E-state index in [-0.39, 0.29) is 11.9 Å². The van der Waals surface area contributed by atoms with E-state index in [1.54, 1.807) is 24.3 Å². The lowest BCUT2D eigenvalue weighted by molar-refractivity contribution is 0.0721. The molecule has 5 heteroatoms. The summed E-state index contributed by atoms with van der Waals surface area (Å²) in [6.45, 7) is 5.51. The third-order valence-electron chi connectivity index (χ3n) is 4.36. The molecule has 0 bridgehead atoms. The Labute approximate surface area is 136 Å². The van der Waals surface area contributed by atoms with Crippen molar-refractivity contribution in [3.8, 4) is 6.07 Å². The molecule has 0 N–H and O–H groups in total. The quantitative estimate of drug-likeness (QED) is 0.876. The summed E-state index contributed by atoms with van der Waals surface area (Å²) in [7, 11) is 0. The molecule has 1 aliphatic rings. The van der Waals surface area contributed by atoms with Gasteiger partial charge in [0.15, 0.2) is 0 Å². The highest BCUT2D eigenvalue weighted by Gasteiger charge is 2.30. The van der Waals surface area contributed by atoms with E-state index in [1.807, 2.05) is 23.4 Å². The zero-order valence-corrected chi connectivity index (χ0v) is 13.5. The molecule has 1 aromatic heterocycles. The second-order valence-electron chi connectivity index (χ2n) is 6.10. The van der Waals surface area contributed by atoms with Crippen LogP contribution in [0.3, 0.4) is 0 Å². The van der Waals surface area contributed by atoms with Crippen molar-refractivity contribution in [2.75, 3.05) is 6.54 Å². The van der Waals surface area contributed by atoms with Crippen LogP contribution in [-0.2, 0) is 6.54 Å². The van der Waals surface area contributed by atoms with Gasteiger partial charge in [0.2, 0.25) is 0 Å². The number of nitrogens with zero attached hydrogens (tertiary/aromatic N) is 4. The first kappa shape index (κ1) is 15.3. The maximum Gasteiger partial charge on any atom is 0.254 e. The van der Waals surface area contributed by atoms with E-state index in [0.29, 0.717) is 11.1 Å². The summed E-state index contributed by atoms with van der Waals surface area (Å²) < 4.78 is 1.98. The number of aromatic nitrogens is 2. The molecule has 3 rings (SSSR count). The van der Waals surface area contributed by atoms with Gasteiger partial charge in [0.25, 0.3) is 5.91 Å². The molecule has 5 nitrogen and oxygen atoms in total. The molecular formula is C18H20N4O. The standard InChI is InChI=1S/C18H20N4O/c1-13-9-14(2)22(20-13)12-17-7-4-8-21(17)18(23)16-6-3-5-15(10-16)11-19/h3,5-6,9-10,17H,4,7-8,12H2,1-2H3/t17-/m0/s1. The van der Waals surface area contributed by atoms with Crippen molar-refractivity contribution in [3.63, 3.8) is 0 Å². The number of nitriles is 1. The number of hydrogen-bond acceptors (Lipinski definition) is 3. The second kappa shape index (κ2) is 6.25. The van der Waals surface area contributed by atoms with Crippen LogP contribution in [-0.4, -0.2) is 33.2 Å². The summed E-state index contributed by atoms with van der Waals surface area (Å²) in [5.74, 6) is 0.00568. The minimum absolute atomic E-state index is 0.00568. The summed E-state index contributed by atoms with van der Waals surface area (Å²) in [5, 5.41) is 13.5. The second-order valence-corrected chi connectivity index (χ2v) is 6.10. The summed E-state index contributed by atoms with van der Waals surface area (Å²) >= 11 is 0. The number of amides is 1. The van der Waals surface area contributed by atoms with Crippen LogP contribution in [0.25, 0.3) is 0 Å². The average molecular weight is 308 g/mol. The third-order valence-corrected chi connectivity index (χ3v) is 4.36. The van der Waals surface area contributed by atoms with Gasteiger partial charge in [-0.05, 0) is 51.0 Å². The molecule has 118 valence electrons. The predicted octanol–water partition coefficient (Wildman–Crippen LogP) is 2.68. The van der Waals surface area contributed by atoms with Gasteiger partial charge >= 0.3 is 0 Å². The Morgan fingerprint density at radius 2 is 2.22 bits per heavy atom. The highest BCUT2D eigenvalue weighted by atomic mass is 16.2. The van der Waals surface area contributed by atoms with Crippen molar-refractivity contribution in [3.05, 3.63) is 52.8 Å². The monoisotopic (exact) mass is 308 g/mol. The molecule has 0 radical (unpaired) electrons. The van der Waals surface area contributed by atoms with Gasteiger partial charge in [0.05, 0.1) is 29.9 Å². The van der Waals surface area contributed by atoms with E-state index in [2.05, 4.69) is 17.2 Å². The average Bonchev–Trinajstić information content (AvgIpc) is 3.13. The lowest BCUT2D eigenvalue weighted by Gasteiger charge is -2.25. The van der Waals surface area contributed by atoms with Crippen molar-refractivity contribution in [2.45, 2.75) is 39.3 Å². The molecule has 1 amide bonds. The molecule has 2 aromatic rings. The van der Waals surface area contributed by atoms with E-state index >= 15 is 0 Å². The lowest BCUT2D eigenvalue weighted by atomic mass is 10.1. The number of likely N-dealkylation sites (tertiary alicyclic amines) is 1. The molecule has 0 spiro atoms. The Morgan fingerprint density at radius 3 is 2.91 bits per heavy atom. The van der Waals surface area contributed by atoms with Gasteiger partial charge in [-0.25, -0.2) is 0 Å². The Morgan fingerprint density at radius 1 is 1.39 bits per heavy atom. The molecule has 1 aromatic carbocycles. The van der Waals surface area contributed by atoms with E-state index < -0.39 is 0 Å². The predicted molar refractivity (Wildman–Crippen MR) is 86.9 cm³/mol. The SMILES string of the molecule is Cc1cc(C)n(C[C@@H]2CCCN2C(=O)c2cccc(C#N)c2)n1. The fraction of sp³-hybridized carbons (Fsp3) is 0.389. The van der Waals surface area contributed by atoms with E-state index in [9.17, 15) is 4.79 Å². The Bertz CT molecular complexity index is 772. The van der Waals surface area contributed by atoms with Crippen LogP contribution < -0.4 is 0 Å². The maximum atomic E-state index is 12.8.